The zero-order valence-electron chi connectivity index (χ0n) is 8.84. The number of carbonyl (C=O) groups excluding carboxylic acids is 1. The number of hydrogen-bond donors (Lipinski definition) is 0. The molecular weight excluding hydrogens is 364 g/mol. The summed E-state index contributed by atoms with van der Waals surface area (Å²) in [6, 6.07) is 1.52. The van der Waals surface area contributed by atoms with Crippen molar-refractivity contribution in [2.24, 2.45) is 0 Å². The van der Waals surface area contributed by atoms with Crippen LogP contribution < -0.4 is 0 Å². The van der Waals surface area contributed by atoms with Crippen LogP contribution in [0.15, 0.2) is 10.7 Å². The van der Waals surface area contributed by atoms with Crippen LogP contribution in [0.2, 0.25) is 0 Å². The fourth-order valence-electron chi connectivity index (χ4n) is 1.24. The SMILES string of the molecule is COC(=O)Cc1cc(CBr)c(C(F)F)nc1Br. The van der Waals surface area contributed by atoms with Crippen LogP contribution in [-0.2, 0) is 21.3 Å². The number of nitrogens with zero attached hydrogens (tertiary/aromatic N) is 1. The standard InChI is InChI=1S/C10H9Br2F2NO2/c1-17-7(16)3-5-2-6(4-11)8(10(13)14)15-9(5)12/h2,10H,3-4H2,1H3. The lowest BCUT2D eigenvalue weighted by Gasteiger charge is -2.10. The molecule has 94 valence electrons. The van der Waals surface area contributed by atoms with Crippen LogP contribution in [0.5, 0.6) is 0 Å². The van der Waals surface area contributed by atoms with E-state index in [0.29, 0.717) is 11.1 Å². The molecule has 17 heavy (non-hydrogen) atoms. The number of esters is 1. The first-order valence-corrected chi connectivity index (χ1v) is 6.50. The van der Waals surface area contributed by atoms with Crippen molar-refractivity contribution in [1.82, 2.24) is 4.98 Å². The third-order valence-corrected chi connectivity index (χ3v) is 3.36. The highest BCUT2D eigenvalue weighted by molar-refractivity contribution is 9.10. The van der Waals surface area contributed by atoms with E-state index in [0.717, 1.165) is 0 Å². The summed E-state index contributed by atoms with van der Waals surface area (Å²) in [5, 5.41) is 0.251. The average molecular weight is 373 g/mol. The van der Waals surface area contributed by atoms with Crippen molar-refractivity contribution >= 4 is 37.8 Å². The minimum Gasteiger partial charge on any atom is -0.469 e. The third kappa shape index (κ3) is 3.70. The number of halogens is 4. The van der Waals surface area contributed by atoms with Gasteiger partial charge < -0.3 is 4.74 Å². The molecular formula is C10H9Br2F2NO2. The summed E-state index contributed by atoms with van der Waals surface area (Å²) in [5.41, 5.74) is 0.597. The van der Waals surface area contributed by atoms with Gasteiger partial charge in [-0.3, -0.25) is 4.79 Å². The summed E-state index contributed by atoms with van der Waals surface area (Å²) < 4.78 is 30.1. The molecule has 0 unspecified atom stereocenters. The van der Waals surface area contributed by atoms with Crippen LogP contribution in [0.1, 0.15) is 23.2 Å². The highest BCUT2D eigenvalue weighted by Crippen LogP contribution is 2.27. The predicted octanol–water partition coefficient (Wildman–Crippen LogP) is 3.39. The lowest BCUT2D eigenvalue weighted by Crippen LogP contribution is -2.08. The normalized spacial score (nSPS) is 10.7. The van der Waals surface area contributed by atoms with E-state index in [2.05, 4.69) is 41.6 Å². The number of pyridine rings is 1. The van der Waals surface area contributed by atoms with Gasteiger partial charge in [-0.1, -0.05) is 15.9 Å². The number of carbonyl (C=O) groups is 1. The Labute approximate surface area is 114 Å². The molecule has 0 radical (unpaired) electrons. The predicted molar refractivity (Wildman–Crippen MR) is 65.2 cm³/mol. The van der Waals surface area contributed by atoms with Crippen LogP contribution in [-0.4, -0.2) is 18.1 Å². The van der Waals surface area contributed by atoms with E-state index in [1.807, 2.05) is 0 Å². The zero-order valence-corrected chi connectivity index (χ0v) is 12.0. The Hall–Kier alpha value is -0.560. The highest BCUT2D eigenvalue weighted by atomic mass is 79.9. The minimum atomic E-state index is -2.65. The van der Waals surface area contributed by atoms with E-state index in [1.165, 1.54) is 13.2 Å². The van der Waals surface area contributed by atoms with Gasteiger partial charge in [0, 0.05) is 5.33 Å². The molecule has 0 aliphatic rings. The summed E-state index contributed by atoms with van der Waals surface area (Å²) >= 11 is 6.18. The van der Waals surface area contributed by atoms with Crippen LogP contribution in [0.4, 0.5) is 8.78 Å². The molecule has 3 nitrogen and oxygen atoms in total. The second-order valence-corrected chi connectivity index (χ2v) is 4.48. The Morgan fingerprint density at radius 3 is 2.65 bits per heavy atom. The van der Waals surface area contributed by atoms with Crippen molar-refractivity contribution < 1.29 is 18.3 Å². The Kier molecular flexibility index (Phi) is 5.45. The van der Waals surface area contributed by atoms with Gasteiger partial charge in [-0.05, 0) is 33.1 Å². The van der Waals surface area contributed by atoms with Crippen molar-refractivity contribution in [3.63, 3.8) is 0 Å². The van der Waals surface area contributed by atoms with Gasteiger partial charge in [0.2, 0.25) is 0 Å². The molecule has 0 aromatic carbocycles. The molecule has 0 spiro atoms. The van der Waals surface area contributed by atoms with Gasteiger partial charge >= 0.3 is 5.97 Å². The molecule has 0 amide bonds. The molecule has 0 N–H and O–H groups in total. The first kappa shape index (κ1) is 14.5. The van der Waals surface area contributed by atoms with Crippen molar-refractivity contribution in [2.45, 2.75) is 18.2 Å². The van der Waals surface area contributed by atoms with Gasteiger partial charge in [-0.15, -0.1) is 0 Å². The smallest absolute Gasteiger partial charge is 0.310 e. The number of alkyl halides is 3. The van der Waals surface area contributed by atoms with Gasteiger partial charge in [0.15, 0.2) is 0 Å². The number of hydrogen-bond acceptors (Lipinski definition) is 3. The number of ether oxygens (including phenoxy) is 1. The van der Waals surface area contributed by atoms with Gasteiger partial charge in [-0.25, -0.2) is 13.8 Å². The molecule has 0 saturated carbocycles. The highest BCUT2D eigenvalue weighted by Gasteiger charge is 2.18. The maximum Gasteiger partial charge on any atom is 0.310 e. The first-order valence-electron chi connectivity index (χ1n) is 4.58. The third-order valence-electron chi connectivity index (χ3n) is 2.07. The van der Waals surface area contributed by atoms with E-state index < -0.39 is 12.4 Å². The largest absolute Gasteiger partial charge is 0.469 e. The van der Waals surface area contributed by atoms with E-state index in [9.17, 15) is 13.6 Å². The van der Waals surface area contributed by atoms with Crippen molar-refractivity contribution in [1.29, 1.82) is 0 Å². The fourth-order valence-corrected chi connectivity index (χ4v) is 2.14. The first-order chi connectivity index (χ1) is 7.99. The average Bonchev–Trinajstić information content (AvgIpc) is 2.30. The Morgan fingerprint density at radius 2 is 2.18 bits per heavy atom. The number of aromatic nitrogens is 1. The van der Waals surface area contributed by atoms with E-state index in [1.54, 1.807) is 0 Å². The molecule has 1 rings (SSSR count). The monoisotopic (exact) mass is 371 g/mol. The molecule has 0 saturated heterocycles. The molecule has 1 aromatic heterocycles. The molecule has 0 bridgehead atoms. The van der Waals surface area contributed by atoms with Gasteiger partial charge in [0.1, 0.15) is 10.3 Å². The maximum atomic E-state index is 12.7. The van der Waals surface area contributed by atoms with Gasteiger partial charge in [0.05, 0.1) is 13.5 Å². The van der Waals surface area contributed by atoms with E-state index >= 15 is 0 Å². The molecule has 0 aliphatic heterocycles. The van der Waals surface area contributed by atoms with Crippen molar-refractivity contribution in [3.05, 3.63) is 27.5 Å². The quantitative estimate of drug-likeness (QED) is 0.462. The molecule has 1 aromatic rings. The molecule has 0 fully saturated rings. The Morgan fingerprint density at radius 1 is 1.53 bits per heavy atom. The summed E-state index contributed by atoms with van der Waals surface area (Å²) in [7, 11) is 1.27. The maximum absolute atomic E-state index is 12.7. The Bertz CT molecular complexity index is 427. The molecule has 7 heteroatoms. The second-order valence-electron chi connectivity index (χ2n) is 3.17. The van der Waals surface area contributed by atoms with Gasteiger partial charge in [0.25, 0.3) is 6.43 Å². The molecule has 0 atom stereocenters. The summed E-state index contributed by atoms with van der Waals surface area (Å²) in [4.78, 5) is 14.9. The number of rotatable bonds is 4. The molecule has 0 aliphatic carbocycles. The summed E-state index contributed by atoms with van der Waals surface area (Å²) in [6.07, 6.45) is -2.65. The van der Waals surface area contributed by atoms with Crippen LogP contribution in [0.25, 0.3) is 0 Å². The summed E-state index contributed by atoms with van der Waals surface area (Å²) in [5.74, 6) is -0.446. The fraction of sp³-hybridized carbons (Fsp3) is 0.400. The number of methoxy groups -OCH3 is 1. The lowest BCUT2D eigenvalue weighted by atomic mass is 10.1. The topological polar surface area (TPSA) is 39.2 Å². The van der Waals surface area contributed by atoms with E-state index in [-0.39, 0.29) is 22.0 Å². The zero-order chi connectivity index (χ0) is 13.0. The van der Waals surface area contributed by atoms with Crippen molar-refractivity contribution in [3.8, 4) is 0 Å². The van der Waals surface area contributed by atoms with Crippen LogP contribution in [0.3, 0.4) is 0 Å². The second kappa shape index (κ2) is 6.39. The van der Waals surface area contributed by atoms with Crippen LogP contribution >= 0.6 is 31.9 Å². The molecule has 1 heterocycles. The van der Waals surface area contributed by atoms with Crippen molar-refractivity contribution in [2.75, 3.05) is 7.11 Å². The summed E-state index contributed by atoms with van der Waals surface area (Å²) in [6.45, 7) is 0. The Balaban J connectivity index is 3.13. The van der Waals surface area contributed by atoms with Gasteiger partial charge in [-0.2, -0.15) is 0 Å². The lowest BCUT2D eigenvalue weighted by molar-refractivity contribution is -0.139. The minimum absolute atomic E-state index is 0.00635. The van der Waals surface area contributed by atoms with Crippen LogP contribution in [0, 0.1) is 0 Å². The van der Waals surface area contributed by atoms with E-state index in [4.69, 9.17) is 0 Å².